The molecule has 0 spiro atoms. The molecule has 1 aliphatic rings. The van der Waals surface area contributed by atoms with Crippen LogP contribution in [-0.4, -0.2) is 33.0 Å². The van der Waals surface area contributed by atoms with Crippen molar-refractivity contribution in [2.75, 3.05) is 22.0 Å². The first-order valence-electron chi connectivity index (χ1n) is 6.20. The molecule has 6 nitrogen and oxygen atoms in total. The summed E-state index contributed by atoms with van der Waals surface area (Å²) in [6.07, 6.45) is 1.21. The van der Waals surface area contributed by atoms with Crippen LogP contribution in [0.5, 0.6) is 0 Å². The number of anilines is 2. The van der Waals surface area contributed by atoms with Crippen molar-refractivity contribution in [3.8, 4) is 0 Å². The summed E-state index contributed by atoms with van der Waals surface area (Å²) in [5, 5.41) is 0. The Morgan fingerprint density at radius 1 is 1.40 bits per heavy atom. The average Bonchev–Trinajstić information content (AvgIpc) is 2.61. The van der Waals surface area contributed by atoms with E-state index in [0.29, 0.717) is 6.54 Å². The van der Waals surface area contributed by atoms with Crippen LogP contribution in [0, 0.1) is 0 Å². The number of benzene rings is 1. The number of sulfonamides is 1. The Bertz CT molecular complexity index is 682. The summed E-state index contributed by atoms with van der Waals surface area (Å²) >= 11 is 0. The minimum Gasteiger partial charge on any atom is -0.312 e. The number of fused-ring (bicyclic) bond motifs is 1. The minimum atomic E-state index is -3.68. The monoisotopic (exact) mass is 296 g/mol. The molecule has 20 heavy (non-hydrogen) atoms. The fourth-order valence-corrected chi connectivity index (χ4v) is 3.41. The minimum absolute atomic E-state index is 0.0200. The fourth-order valence-electron chi connectivity index (χ4n) is 2.45. The largest absolute Gasteiger partial charge is 0.312 e. The van der Waals surface area contributed by atoms with Crippen molar-refractivity contribution in [2.24, 2.45) is 0 Å². The maximum absolute atomic E-state index is 11.8. The third-order valence-corrected chi connectivity index (χ3v) is 4.30. The van der Waals surface area contributed by atoms with Gasteiger partial charge in [-0.15, -0.1) is 0 Å². The van der Waals surface area contributed by atoms with Crippen molar-refractivity contribution in [3.63, 3.8) is 0 Å². The lowest BCUT2D eigenvalue weighted by Gasteiger charge is -2.20. The third-order valence-electron chi connectivity index (χ3n) is 3.16. The van der Waals surface area contributed by atoms with Gasteiger partial charge in [-0.1, -0.05) is 0 Å². The van der Waals surface area contributed by atoms with Gasteiger partial charge < -0.3 is 4.90 Å². The average molecular weight is 296 g/mol. The molecule has 1 heterocycles. The molecule has 0 aromatic heterocycles. The van der Waals surface area contributed by atoms with E-state index in [0.717, 1.165) is 21.8 Å². The molecule has 2 rings (SSSR count). The van der Waals surface area contributed by atoms with Crippen LogP contribution < -0.4 is 9.21 Å². The van der Waals surface area contributed by atoms with Crippen molar-refractivity contribution in [1.82, 2.24) is 0 Å². The summed E-state index contributed by atoms with van der Waals surface area (Å²) in [6, 6.07) is 4.81. The number of likely N-dealkylation sites (N-methyl/N-ethyl adjacent to an activating group) is 1. The second-order valence-electron chi connectivity index (χ2n) is 4.67. The molecule has 1 aromatic carbocycles. The highest BCUT2D eigenvalue weighted by atomic mass is 32.2. The van der Waals surface area contributed by atoms with Crippen molar-refractivity contribution in [3.05, 3.63) is 23.8 Å². The molecule has 0 fully saturated rings. The number of amides is 2. The van der Waals surface area contributed by atoms with Crippen LogP contribution in [0.15, 0.2) is 18.2 Å². The van der Waals surface area contributed by atoms with Crippen molar-refractivity contribution < 1.29 is 18.0 Å². The summed E-state index contributed by atoms with van der Waals surface area (Å²) in [5.41, 5.74) is 1.78. The molecule has 1 aromatic rings. The first-order chi connectivity index (χ1) is 9.25. The van der Waals surface area contributed by atoms with Crippen LogP contribution in [0.4, 0.5) is 11.4 Å². The Balaban J connectivity index is 2.50. The number of carbonyl (C=O) groups is 2. The fraction of sp³-hybridized carbons (Fsp3) is 0.385. The zero-order valence-electron chi connectivity index (χ0n) is 11.6. The molecular weight excluding hydrogens is 280 g/mol. The molecule has 7 heteroatoms. The summed E-state index contributed by atoms with van der Waals surface area (Å²) < 4.78 is 24.1. The molecule has 0 aliphatic carbocycles. The van der Waals surface area contributed by atoms with Crippen LogP contribution in [0.1, 0.15) is 19.4 Å². The predicted molar refractivity (Wildman–Crippen MR) is 76.2 cm³/mol. The first kappa shape index (κ1) is 14.5. The van der Waals surface area contributed by atoms with Gasteiger partial charge in [0.05, 0.1) is 18.4 Å². The molecule has 0 atom stereocenters. The van der Waals surface area contributed by atoms with Gasteiger partial charge in [-0.3, -0.25) is 9.59 Å². The Morgan fingerprint density at radius 3 is 2.55 bits per heavy atom. The van der Waals surface area contributed by atoms with Gasteiger partial charge in [0.25, 0.3) is 0 Å². The standard InChI is InChI=1S/C13H16N2O4S/c1-4-14-12-6-5-11(7-10(12)8-13(14)17)15(9(2)16)20(3,18)19/h5-7H,4,8H2,1-3H3. The van der Waals surface area contributed by atoms with Crippen LogP contribution in [-0.2, 0) is 26.0 Å². The first-order valence-corrected chi connectivity index (χ1v) is 8.04. The van der Waals surface area contributed by atoms with Crippen molar-refractivity contribution >= 4 is 33.2 Å². The van der Waals surface area contributed by atoms with Gasteiger partial charge in [0.2, 0.25) is 21.8 Å². The van der Waals surface area contributed by atoms with E-state index >= 15 is 0 Å². The second-order valence-corrected chi connectivity index (χ2v) is 6.51. The number of hydrogen-bond donors (Lipinski definition) is 0. The van der Waals surface area contributed by atoms with Gasteiger partial charge in [-0.25, -0.2) is 12.7 Å². The zero-order chi connectivity index (χ0) is 15.1. The molecule has 0 N–H and O–H groups in total. The molecule has 0 radical (unpaired) electrons. The van der Waals surface area contributed by atoms with E-state index in [1.54, 1.807) is 23.1 Å². The van der Waals surface area contributed by atoms with E-state index < -0.39 is 15.9 Å². The van der Waals surface area contributed by atoms with E-state index in [2.05, 4.69) is 0 Å². The highest BCUT2D eigenvalue weighted by Gasteiger charge is 2.28. The number of rotatable bonds is 3. The SMILES string of the molecule is CCN1C(=O)Cc2cc(N(C(C)=O)S(C)(=O)=O)ccc21. The second kappa shape index (κ2) is 4.90. The smallest absolute Gasteiger partial charge is 0.238 e. The third kappa shape index (κ3) is 2.40. The van der Waals surface area contributed by atoms with E-state index in [1.807, 2.05) is 6.92 Å². The molecular formula is C13H16N2O4S. The molecule has 0 unspecified atom stereocenters. The molecule has 0 bridgehead atoms. The molecule has 2 amide bonds. The highest BCUT2D eigenvalue weighted by molar-refractivity contribution is 7.92. The summed E-state index contributed by atoms with van der Waals surface area (Å²) in [6.45, 7) is 3.63. The molecule has 0 saturated heterocycles. The molecule has 108 valence electrons. The van der Waals surface area contributed by atoms with Crippen LogP contribution in [0.2, 0.25) is 0 Å². The topological polar surface area (TPSA) is 74.8 Å². The number of hydrogen-bond acceptors (Lipinski definition) is 4. The summed E-state index contributed by atoms with van der Waals surface area (Å²) in [7, 11) is -3.68. The van der Waals surface area contributed by atoms with Gasteiger partial charge in [0, 0.05) is 19.2 Å². The quantitative estimate of drug-likeness (QED) is 0.831. The van der Waals surface area contributed by atoms with Gasteiger partial charge in [-0.2, -0.15) is 0 Å². The predicted octanol–water partition coefficient (Wildman–Crippen LogP) is 0.908. The number of nitrogens with zero attached hydrogens (tertiary/aromatic N) is 2. The van der Waals surface area contributed by atoms with Crippen LogP contribution in [0.25, 0.3) is 0 Å². The Morgan fingerprint density at radius 2 is 2.05 bits per heavy atom. The Labute approximate surface area is 118 Å². The molecule has 1 aliphatic heterocycles. The number of carbonyl (C=O) groups excluding carboxylic acids is 2. The van der Waals surface area contributed by atoms with E-state index in [1.165, 1.54) is 6.92 Å². The maximum atomic E-state index is 11.8. The van der Waals surface area contributed by atoms with E-state index in [9.17, 15) is 18.0 Å². The lowest BCUT2D eigenvalue weighted by atomic mass is 10.1. The van der Waals surface area contributed by atoms with Gasteiger partial charge in [-0.05, 0) is 30.7 Å². The summed E-state index contributed by atoms with van der Waals surface area (Å²) in [5.74, 6) is -0.600. The Hall–Kier alpha value is -1.89. The van der Waals surface area contributed by atoms with E-state index in [4.69, 9.17) is 0 Å². The molecule has 0 saturated carbocycles. The van der Waals surface area contributed by atoms with Crippen LogP contribution >= 0.6 is 0 Å². The van der Waals surface area contributed by atoms with Gasteiger partial charge in [0.15, 0.2) is 0 Å². The lowest BCUT2D eigenvalue weighted by Crippen LogP contribution is -2.34. The van der Waals surface area contributed by atoms with Gasteiger partial charge >= 0.3 is 0 Å². The highest BCUT2D eigenvalue weighted by Crippen LogP contribution is 2.32. The summed E-state index contributed by atoms with van der Waals surface area (Å²) in [4.78, 5) is 25.0. The van der Waals surface area contributed by atoms with Gasteiger partial charge in [0.1, 0.15) is 0 Å². The lowest BCUT2D eigenvalue weighted by molar-refractivity contribution is -0.117. The van der Waals surface area contributed by atoms with Crippen molar-refractivity contribution in [2.45, 2.75) is 20.3 Å². The zero-order valence-corrected chi connectivity index (χ0v) is 12.4. The van der Waals surface area contributed by atoms with Crippen molar-refractivity contribution in [1.29, 1.82) is 0 Å². The Kier molecular flexibility index (Phi) is 3.56. The normalized spacial score (nSPS) is 14.3. The van der Waals surface area contributed by atoms with Crippen LogP contribution in [0.3, 0.4) is 0 Å². The maximum Gasteiger partial charge on any atom is 0.238 e. The van der Waals surface area contributed by atoms with E-state index in [-0.39, 0.29) is 18.0 Å².